The van der Waals surface area contributed by atoms with Crippen LogP contribution >= 0.6 is 0 Å². The molecule has 26 heavy (non-hydrogen) atoms. The summed E-state index contributed by atoms with van der Waals surface area (Å²) in [5, 5.41) is 0. The molecule has 0 aliphatic carbocycles. The van der Waals surface area contributed by atoms with Gasteiger partial charge in [-0.25, -0.2) is 9.59 Å². The van der Waals surface area contributed by atoms with Crippen molar-refractivity contribution in [1.82, 2.24) is 0 Å². The van der Waals surface area contributed by atoms with E-state index in [1.54, 1.807) is 21.0 Å². The molecule has 0 saturated carbocycles. The summed E-state index contributed by atoms with van der Waals surface area (Å²) in [7, 11) is 1.58. The van der Waals surface area contributed by atoms with Crippen LogP contribution in [0.3, 0.4) is 0 Å². The number of nitrogens with zero attached hydrogens (tertiary/aromatic N) is 1. The van der Waals surface area contributed by atoms with Gasteiger partial charge in [0.05, 0.1) is 39.1 Å². The molecule has 0 unspecified atom stereocenters. The van der Waals surface area contributed by atoms with Crippen molar-refractivity contribution in [3.63, 3.8) is 0 Å². The lowest BCUT2D eigenvalue weighted by Crippen LogP contribution is -2.32. The molecule has 8 nitrogen and oxygen atoms in total. The number of hydrogen-bond donors (Lipinski definition) is 0. The Kier molecular flexibility index (Phi) is 9.74. The summed E-state index contributed by atoms with van der Waals surface area (Å²) in [5.74, 6) is 0.669. The van der Waals surface area contributed by atoms with E-state index in [1.807, 2.05) is 30.0 Å². The molecule has 0 atom stereocenters. The molecule has 1 aromatic rings. The number of methoxy groups -OCH3 is 1. The van der Waals surface area contributed by atoms with E-state index in [4.69, 9.17) is 23.7 Å². The van der Waals surface area contributed by atoms with Crippen LogP contribution in [0.2, 0.25) is 0 Å². The lowest BCUT2D eigenvalue weighted by atomic mass is 10.2. The molecule has 0 aromatic heterocycles. The second-order valence-corrected chi connectivity index (χ2v) is 5.23. The zero-order valence-electron chi connectivity index (χ0n) is 15.8. The molecule has 0 aliphatic heterocycles. The predicted octanol–water partition coefficient (Wildman–Crippen LogP) is 3.16. The van der Waals surface area contributed by atoms with Gasteiger partial charge >= 0.3 is 12.3 Å². The Morgan fingerprint density at radius 1 is 0.923 bits per heavy atom. The van der Waals surface area contributed by atoms with Crippen LogP contribution in [0, 0.1) is 6.92 Å². The van der Waals surface area contributed by atoms with Gasteiger partial charge in [0.2, 0.25) is 0 Å². The summed E-state index contributed by atoms with van der Waals surface area (Å²) in [6.45, 7) is 6.88. The Balaban J connectivity index is 2.76. The smallest absolute Gasteiger partial charge is 0.495 e. The Labute approximate surface area is 153 Å². The molecular weight excluding hydrogens is 342 g/mol. The average Bonchev–Trinajstić information content (AvgIpc) is 2.61. The van der Waals surface area contributed by atoms with Gasteiger partial charge in [-0.3, -0.25) is 0 Å². The first kappa shape index (κ1) is 21.4. The molecule has 0 spiro atoms. The van der Waals surface area contributed by atoms with E-state index in [0.717, 1.165) is 11.3 Å². The van der Waals surface area contributed by atoms with Crippen LogP contribution in [0.4, 0.5) is 15.3 Å². The zero-order chi connectivity index (χ0) is 19.4. The maximum atomic E-state index is 11.3. The Hall–Kier alpha value is -2.64. The SMILES string of the molecule is CCOC(=O)OCCN(CCOC(=O)OCC)c1cc(C)ccc1OC. The molecule has 0 heterocycles. The predicted molar refractivity (Wildman–Crippen MR) is 95.9 cm³/mol. The van der Waals surface area contributed by atoms with Crippen LogP contribution in [0.1, 0.15) is 19.4 Å². The molecule has 0 radical (unpaired) electrons. The number of rotatable bonds is 10. The molecule has 0 N–H and O–H groups in total. The first-order valence-electron chi connectivity index (χ1n) is 8.50. The zero-order valence-corrected chi connectivity index (χ0v) is 15.8. The van der Waals surface area contributed by atoms with Crippen molar-refractivity contribution in [3.8, 4) is 5.75 Å². The fraction of sp³-hybridized carbons (Fsp3) is 0.556. The monoisotopic (exact) mass is 369 g/mol. The molecular formula is C18H27NO7. The van der Waals surface area contributed by atoms with Crippen molar-refractivity contribution in [2.24, 2.45) is 0 Å². The van der Waals surface area contributed by atoms with Crippen molar-refractivity contribution >= 4 is 18.0 Å². The molecule has 1 aromatic carbocycles. The number of benzene rings is 1. The summed E-state index contributed by atoms with van der Waals surface area (Å²) in [4.78, 5) is 24.6. The van der Waals surface area contributed by atoms with E-state index < -0.39 is 12.3 Å². The number of anilines is 1. The number of aryl methyl sites for hydroxylation is 1. The van der Waals surface area contributed by atoms with Crippen molar-refractivity contribution < 1.29 is 33.3 Å². The van der Waals surface area contributed by atoms with Gasteiger partial charge in [0.25, 0.3) is 0 Å². The van der Waals surface area contributed by atoms with E-state index in [-0.39, 0.29) is 26.4 Å². The normalized spacial score (nSPS) is 10.0. The highest BCUT2D eigenvalue weighted by Gasteiger charge is 2.15. The maximum Gasteiger partial charge on any atom is 0.508 e. The van der Waals surface area contributed by atoms with Gasteiger partial charge in [0.15, 0.2) is 0 Å². The van der Waals surface area contributed by atoms with E-state index >= 15 is 0 Å². The van der Waals surface area contributed by atoms with Crippen molar-refractivity contribution in [2.45, 2.75) is 20.8 Å². The van der Waals surface area contributed by atoms with Crippen LogP contribution in [0.25, 0.3) is 0 Å². The minimum Gasteiger partial charge on any atom is -0.495 e. The third-order valence-electron chi connectivity index (χ3n) is 3.36. The quantitative estimate of drug-likeness (QED) is 0.582. The van der Waals surface area contributed by atoms with Gasteiger partial charge in [0, 0.05) is 0 Å². The topological polar surface area (TPSA) is 83.5 Å². The van der Waals surface area contributed by atoms with Crippen LogP contribution in [0.15, 0.2) is 18.2 Å². The second-order valence-electron chi connectivity index (χ2n) is 5.23. The molecule has 0 aliphatic rings. The number of ether oxygens (including phenoxy) is 5. The maximum absolute atomic E-state index is 11.3. The van der Waals surface area contributed by atoms with Gasteiger partial charge in [-0.15, -0.1) is 0 Å². The number of carbonyl (C=O) groups excluding carboxylic acids is 2. The van der Waals surface area contributed by atoms with Crippen molar-refractivity contribution in [3.05, 3.63) is 23.8 Å². The van der Waals surface area contributed by atoms with Gasteiger partial charge in [-0.05, 0) is 38.5 Å². The van der Waals surface area contributed by atoms with Crippen LogP contribution < -0.4 is 9.64 Å². The Bertz CT molecular complexity index is 553. The highest BCUT2D eigenvalue weighted by atomic mass is 16.7. The van der Waals surface area contributed by atoms with Crippen molar-refractivity contribution in [1.29, 1.82) is 0 Å². The van der Waals surface area contributed by atoms with Gasteiger partial charge < -0.3 is 28.6 Å². The highest BCUT2D eigenvalue weighted by Crippen LogP contribution is 2.29. The second kappa shape index (κ2) is 11.8. The minimum absolute atomic E-state index is 0.120. The molecule has 0 fully saturated rings. The summed E-state index contributed by atoms with van der Waals surface area (Å²) in [5.41, 5.74) is 1.86. The molecule has 1 rings (SSSR count). The van der Waals surface area contributed by atoms with E-state index in [1.165, 1.54) is 0 Å². The van der Waals surface area contributed by atoms with Gasteiger partial charge in [0.1, 0.15) is 19.0 Å². The van der Waals surface area contributed by atoms with E-state index in [2.05, 4.69) is 0 Å². The van der Waals surface area contributed by atoms with E-state index in [9.17, 15) is 9.59 Å². The first-order chi connectivity index (χ1) is 12.5. The largest absolute Gasteiger partial charge is 0.508 e. The Morgan fingerprint density at radius 3 is 1.92 bits per heavy atom. The molecule has 0 saturated heterocycles. The summed E-state index contributed by atoms with van der Waals surface area (Å²) < 4.78 is 24.9. The minimum atomic E-state index is -0.716. The lowest BCUT2D eigenvalue weighted by Gasteiger charge is -2.26. The molecule has 0 amide bonds. The first-order valence-corrected chi connectivity index (χ1v) is 8.50. The van der Waals surface area contributed by atoms with Crippen molar-refractivity contribution in [2.75, 3.05) is 51.5 Å². The standard InChI is InChI=1S/C18H27NO7/c1-5-23-17(20)25-11-9-19(10-12-26-18(21)24-6-2)15-13-14(3)7-8-16(15)22-4/h7-8,13H,5-6,9-12H2,1-4H3. The molecule has 146 valence electrons. The summed E-state index contributed by atoms with van der Waals surface area (Å²) in [6, 6.07) is 5.74. The average molecular weight is 369 g/mol. The highest BCUT2D eigenvalue weighted by molar-refractivity contribution is 5.62. The summed E-state index contributed by atoms with van der Waals surface area (Å²) in [6.07, 6.45) is -1.43. The molecule has 0 bridgehead atoms. The van der Waals surface area contributed by atoms with E-state index in [0.29, 0.717) is 18.8 Å². The number of carbonyl (C=O) groups is 2. The van der Waals surface area contributed by atoms with Crippen LogP contribution in [0.5, 0.6) is 5.75 Å². The third kappa shape index (κ3) is 7.50. The van der Waals surface area contributed by atoms with Gasteiger partial charge in [-0.1, -0.05) is 6.07 Å². The summed E-state index contributed by atoms with van der Waals surface area (Å²) >= 11 is 0. The molecule has 8 heteroatoms. The number of hydrogen-bond acceptors (Lipinski definition) is 8. The van der Waals surface area contributed by atoms with Crippen LogP contribution in [-0.4, -0.2) is 58.9 Å². The lowest BCUT2D eigenvalue weighted by molar-refractivity contribution is 0.0583. The third-order valence-corrected chi connectivity index (χ3v) is 3.36. The fourth-order valence-corrected chi connectivity index (χ4v) is 2.20. The van der Waals surface area contributed by atoms with Crippen LogP contribution in [-0.2, 0) is 18.9 Å². The Morgan fingerprint density at radius 2 is 1.46 bits per heavy atom. The fourth-order valence-electron chi connectivity index (χ4n) is 2.20. The van der Waals surface area contributed by atoms with Gasteiger partial charge in [-0.2, -0.15) is 0 Å².